The van der Waals surface area contributed by atoms with Crippen molar-refractivity contribution in [2.24, 2.45) is 0 Å². The molecule has 33 heavy (non-hydrogen) atoms. The van der Waals surface area contributed by atoms with Gasteiger partial charge in [-0.1, -0.05) is 6.07 Å². The Balaban J connectivity index is 1.78. The monoisotopic (exact) mass is 451 g/mol. The van der Waals surface area contributed by atoms with Crippen molar-refractivity contribution in [1.29, 1.82) is 0 Å². The van der Waals surface area contributed by atoms with Crippen molar-refractivity contribution >= 4 is 28.2 Å². The molecular weight excluding hydrogens is 435 g/mol. The summed E-state index contributed by atoms with van der Waals surface area (Å²) in [6.07, 6.45) is 0.963. The average Bonchev–Trinajstić information content (AvgIpc) is 3.17. The largest absolute Gasteiger partial charge is 0.477 e. The number of hydrogen-bond donors (Lipinski definition) is 2. The van der Waals surface area contributed by atoms with E-state index in [0.29, 0.717) is 5.69 Å². The molecule has 1 aliphatic rings. The van der Waals surface area contributed by atoms with E-state index in [2.05, 4.69) is 0 Å². The number of nitrogen functional groups attached to an aromatic ring is 1. The van der Waals surface area contributed by atoms with Crippen LogP contribution in [0.2, 0.25) is 0 Å². The summed E-state index contributed by atoms with van der Waals surface area (Å²) in [5.74, 6) is -4.12. The van der Waals surface area contributed by atoms with Crippen LogP contribution in [0.25, 0.3) is 16.6 Å². The van der Waals surface area contributed by atoms with E-state index in [1.54, 1.807) is 18.2 Å². The molecule has 166 valence electrons. The first-order valence-corrected chi connectivity index (χ1v) is 9.93. The number of benzene rings is 3. The van der Waals surface area contributed by atoms with Crippen LogP contribution in [-0.4, -0.2) is 15.6 Å². The SMILES string of the molecule is Nc1ccc2c(c1)CN(c1c(F)cc3c(=O)c(C(=O)O)cn(-c4ccc(F)cc4)c3c1F)C2. The lowest BCUT2D eigenvalue weighted by molar-refractivity contribution is 0.0695. The predicted octanol–water partition coefficient (Wildman–Crippen LogP) is 4.21. The Morgan fingerprint density at radius 1 is 0.970 bits per heavy atom. The number of nitrogens with zero attached hydrogens (tertiary/aromatic N) is 2. The Hall–Kier alpha value is -4.27. The number of hydrogen-bond acceptors (Lipinski definition) is 4. The van der Waals surface area contributed by atoms with E-state index in [1.165, 1.54) is 17.0 Å². The fourth-order valence-corrected chi connectivity index (χ4v) is 4.22. The molecule has 3 N–H and O–H groups in total. The van der Waals surface area contributed by atoms with Gasteiger partial charge in [0.15, 0.2) is 5.82 Å². The zero-order valence-electron chi connectivity index (χ0n) is 17.0. The molecule has 0 fully saturated rings. The van der Waals surface area contributed by atoms with E-state index >= 15 is 8.78 Å². The molecule has 5 rings (SSSR count). The fraction of sp³-hybridized carbons (Fsp3) is 0.0833. The van der Waals surface area contributed by atoms with Crippen molar-refractivity contribution in [2.75, 3.05) is 10.6 Å². The van der Waals surface area contributed by atoms with Gasteiger partial charge in [0.2, 0.25) is 5.43 Å². The van der Waals surface area contributed by atoms with Gasteiger partial charge in [-0.25, -0.2) is 18.0 Å². The second kappa shape index (κ2) is 7.40. The molecule has 4 aromatic rings. The molecule has 2 heterocycles. The van der Waals surface area contributed by atoms with Crippen molar-refractivity contribution in [2.45, 2.75) is 13.1 Å². The van der Waals surface area contributed by atoms with E-state index in [4.69, 9.17) is 5.73 Å². The normalized spacial score (nSPS) is 12.9. The number of carbonyl (C=O) groups is 1. The number of nitrogens with two attached hydrogens (primary N) is 1. The van der Waals surface area contributed by atoms with E-state index < -0.39 is 39.8 Å². The molecule has 0 spiro atoms. The molecule has 3 aromatic carbocycles. The molecular formula is C24H16F3N3O3. The lowest BCUT2D eigenvalue weighted by Gasteiger charge is -2.22. The molecule has 6 nitrogen and oxygen atoms in total. The Morgan fingerprint density at radius 3 is 2.36 bits per heavy atom. The topological polar surface area (TPSA) is 88.6 Å². The summed E-state index contributed by atoms with van der Waals surface area (Å²) in [6, 6.07) is 10.9. The van der Waals surface area contributed by atoms with Crippen LogP contribution in [0.1, 0.15) is 21.5 Å². The first-order chi connectivity index (χ1) is 15.7. The van der Waals surface area contributed by atoms with Gasteiger partial charge in [0.25, 0.3) is 0 Å². The number of halogens is 3. The third-order valence-corrected chi connectivity index (χ3v) is 5.76. The van der Waals surface area contributed by atoms with Gasteiger partial charge in [0.1, 0.15) is 22.9 Å². The first kappa shape index (κ1) is 20.6. The van der Waals surface area contributed by atoms with Crippen molar-refractivity contribution in [3.63, 3.8) is 0 Å². The van der Waals surface area contributed by atoms with Gasteiger partial charge in [0.05, 0.1) is 10.9 Å². The molecule has 1 aromatic heterocycles. The summed E-state index contributed by atoms with van der Waals surface area (Å²) in [6.45, 7) is 0.427. The van der Waals surface area contributed by atoms with Crippen molar-refractivity contribution < 1.29 is 23.1 Å². The first-order valence-electron chi connectivity index (χ1n) is 9.93. The highest BCUT2D eigenvalue weighted by Gasteiger charge is 2.29. The number of anilines is 2. The summed E-state index contributed by atoms with van der Waals surface area (Å²) >= 11 is 0. The Kier molecular flexibility index (Phi) is 4.63. The molecule has 0 aliphatic carbocycles. The van der Waals surface area contributed by atoms with Crippen molar-refractivity contribution in [3.05, 3.63) is 99.1 Å². The van der Waals surface area contributed by atoms with Crippen LogP contribution in [0, 0.1) is 17.5 Å². The van der Waals surface area contributed by atoms with Crippen LogP contribution in [0.15, 0.2) is 59.5 Å². The van der Waals surface area contributed by atoms with Crippen LogP contribution in [-0.2, 0) is 13.1 Å². The Bertz CT molecular complexity index is 1510. The van der Waals surface area contributed by atoms with Crippen molar-refractivity contribution in [3.8, 4) is 5.69 Å². The van der Waals surface area contributed by atoms with Gasteiger partial charge in [-0.3, -0.25) is 4.79 Å². The lowest BCUT2D eigenvalue weighted by atomic mass is 10.1. The molecule has 0 saturated heterocycles. The lowest BCUT2D eigenvalue weighted by Crippen LogP contribution is -2.22. The number of fused-ring (bicyclic) bond motifs is 2. The molecule has 0 bridgehead atoms. The predicted molar refractivity (Wildman–Crippen MR) is 117 cm³/mol. The van der Waals surface area contributed by atoms with E-state index in [9.17, 15) is 19.1 Å². The standard InChI is InChI=1S/C24H16F3N3O3/c25-14-2-5-16(6-3-14)30-11-18(24(32)33)23(31)17-8-19(26)22(20(27)21(17)30)29-9-12-1-4-15(28)7-13(12)10-29/h1-8,11H,9-10,28H2,(H,32,33). The van der Waals surface area contributed by atoms with Crippen LogP contribution < -0.4 is 16.1 Å². The minimum Gasteiger partial charge on any atom is -0.477 e. The van der Waals surface area contributed by atoms with Gasteiger partial charge in [0, 0.05) is 30.7 Å². The minimum atomic E-state index is -1.55. The summed E-state index contributed by atoms with van der Waals surface area (Å²) in [7, 11) is 0. The van der Waals surface area contributed by atoms with Gasteiger partial charge < -0.3 is 20.3 Å². The zero-order valence-corrected chi connectivity index (χ0v) is 17.0. The molecule has 0 saturated carbocycles. The van der Waals surface area contributed by atoms with E-state index in [-0.39, 0.29) is 30.0 Å². The van der Waals surface area contributed by atoms with Gasteiger partial charge in [-0.15, -0.1) is 0 Å². The van der Waals surface area contributed by atoms with Crippen LogP contribution in [0.5, 0.6) is 0 Å². The number of aromatic carboxylic acids is 1. The highest BCUT2D eigenvalue weighted by atomic mass is 19.1. The minimum absolute atomic E-state index is 0.202. The number of aromatic nitrogens is 1. The smallest absolute Gasteiger partial charge is 0.341 e. The maximum Gasteiger partial charge on any atom is 0.341 e. The second-order valence-corrected chi connectivity index (χ2v) is 7.82. The van der Waals surface area contributed by atoms with Crippen LogP contribution >= 0.6 is 0 Å². The summed E-state index contributed by atoms with van der Waals surface area (Å²) in [4.78, 5) is 25.9. The van der Waals surface area contributed by atoms with Gasteiger partial charge >= 0.3 is 5.97 Å². The van der Waals surface area contributed by atoms with E-state index in [0.717, 1.165) is 40.1 Å². The van der Waals surface area contributed by atoms with Gasteiger partial charge in [-0.05, 0) is 53.6 Å². The summed E-state index contributed by atoms with van der Waals surface area (Å²) in [5.41, 5.74) is 5.91. The molecule has 1 aliphatic heterocycles. The third-order valence-electron chi connectivity index (χ3n) is 5.76. The van der Waals surface area contributed by atoms with Crippen molar-refractivity contribution in [1.82, 2.24) is 4.57 Å². The fourth-order valence-electron chi connectivity index (χ4n) is 4.22. The summed E-state index contributed by atoms with van der Waals surface area (Å²) < 4.78 is 45.7. The Labute approximate surface area is 184 Å². The zero-order chi connectivity index (χ0) is 23.4. The molecule has 0 radical (unpaired) electrons. The maximum atomic E-state index is 15.9. The highest BCUT2D eigenvalue weighted by molar-refractivity contribution is 5.94. The highest BCUT2D eigenvalue weighted by Crippen LogP contribution is 2.36. The number of carboxylic acid groups (broad SMARTS) is 1. The van der Waals surface area contributed by atoms with Crippen LogP contribution in [0.4, 0.5) is 24.5 Å². The number of rotatable bonds is 3. The number of carboxylic acids is 1. The maximum absolute atomic E-state index is 15.9. The average molecular weight is 451 g/mol. The number of pyridine rings is 1. The second-order valence-electron chi connectivity index (χ2n) is 7.82. The molecule has 0 unspecified atom stereocenters. The Morgan fingerprint density at radius 2 is 1.67 bits per heavy atom. The molecule has 0 amide bonds. The molecule has 9 heteroatoms. The van der Waals surface area contributed by atoms with Gasteiger partial charge in [-0.2, -0.15) is 0 Å². The quantitative estimate of drug-likeness (QED) is 0.456. The summed E-state index contributed by atoms with van der Waals surface area (Å²) in [5, 5.41) is 9.02. The van der Waals surface area contributed by atoms with Crippen LogP contribution in [0.3, 0.4) is 0 Å². The third kappa shape index (κ3) is 3.29. The van der Waals surface area contributed by atoms with E-state index in [1.807, 2.05) is 0 Å². The molecule has 0 atom stereocenters.